The Morgan fingerprint density at radius 1 is 1.19 bits per heavy atom. The SMILES string of the molecule is COc1ccc([C@@H]2C[C@H](c3cccs3)C(C)(C)N2)cc1.Cl. The van der Waals surface area contributed by atoms with Gasteiger partial charge in [-0.15, -0.1) is 23.7 Å². The van der Waals surface area contributed by atoms with Crippen molar-refractivity contribution in [2.45, 2.75) is 37.8 Å². The van der Waals surface area contributed by atoms with Gasteiger partial charge in [0.25, 0.3) is 0 Å². The van der Waals surface area contributed by atoms with E-state index in [1.807, 2.05) is 23.5 Å². The van der Waals surface area contributed by atoms with E-state index in [0.717, 1.165) is 12.2 Å². The summed E-state index contributed by atoms with van der Waals surface area (Å²) >= 11 is 1.87. The monoisotopic (exact) mass is 323 g/mol. The molecule has 0 spiro atoms. The Bertz CT molecular complexity index is 565. The van der Waals surface area contributed by atoms with E-state index >= 15 is 0 Å². The molecule has 4 heteroatoms. The van der Waals surface area contributed by atoms with Crippen LogP contribution in [0, 0.1) is 0 Å². The molecule has 1 N–H and O–H groups in total. The molecule has 3 rings (SSSR count). The minimum absolute atomic E-state index is 0. The van der Waals surface area contributed by atoms with Crippen molar-refractivity contribution in [3.8, 4) is 5.75 Å². The lowest BCUT2D eigenvalue weighted by atomic mass is 9.87. The van der Waals surface area contributed by atoms with Gasteiger partial charge >= 0.3 is 0 Å². The normalized spacial score (nSPS) is 23.6. The minimum atomic E-state index is 0. The van der Waals surface area contributed by atoms with Gasteiger partial charge in [0.2, 0.25) is 0 Å². The summed E-state index contributed by atoms with van der Waals surface area (Å²) in [5.74, 6) is 1.50. The summed E-state index contributed by atoms with van der Waals surface area (Å²) in [5.41, 5.74) is 1.48. The van der Waals surface area contributed by atoms with Crippen LogP contribution in [-0.4, -0.2) is 12.6 Å². The molecule has 1 saturated heterocycles. The largest absolute Gasteiger partial charge is 0.497 e. The van der Waals surface area contributed by atoms with Crippen molar-refractivity contribution in [2.24, 2.45) is 0 Å². The highest BCUT2D eigenvalue weighted by Crippen LogP contribution is 2.45. The number of hydrogen-bond donors (Lipinski definition) is 1. The van der Waals surface area contributed by atoms with Crippen molar-refractivity contribution in [1.82, 2.24) is 5.32 Å². The van der Waals surface area contributed by atoms with Crippen molar-refractivity contribution >= 4 is 23.7 Å². The minimum Gasteiger partial charge on any atom is -0.497 e. The number of ether oxygens (including phenoxy) is 1. The molecule has 2 heterocycles. The summed E-state index contributed by atoms with van der Waals surface area (Å²) in [6.45, 7) is 4.61. The molecule has 1 aliphatic heterocycles. The first kappa shape index (κ1) is 16.3. The molecule has 1 aliphatic rings. The van der Waals surface area contributed by atoms with Crippen LogP contribution >= 0.6 is 23.7 Å². The van der Waals surface area contributed by atoms with Gasteiger partial charge in [-0.25, -0.2) is 0 Å². The van der Waals surface area contributed by atoms with Gasteiger partial charge in [-0.3, -0.25) is 0 Å². The summed E-state index contributed by atoms with van der Waals surface area (Å²) in [5, 5.41) is 5.96. The molecule has 0 aliphatic carbocycles. The first-order valence-electron chi connectivity index (χ1n) is 7.05. The van der Waals surface area contributed by atoms with Crippen LogP contribution in [0.2, 0.25) is 0 Å². The summed E-state index contributed by atoms with van der Waals surface area (Å²) in [6.07, 6.45) is 1.15. The lowest BCUT2D eigenvalue weighted by Gasteiger charge is -2.26. The van der Waals surface area contributed by atoms with E-state index in [0.29, 0.717) is 12.0 Å². The Morgan fingerprint density at radius 2 is 1.90 bits per heavy atom. The third kappa shape index (κ3) is 3.25. The molecule has 0 bridgehead atoms. The molecule has 0 unspecified atom stereocenters. The van der Waals surface area contributed by atoms with Crippen LogP contribution in [-0.2, 0) is 0 Å². The Kier molecular flexibility index (Phi) is 4.97. The Balaban J connectivity index is 0.00000161. The van der Waals surface area contributed by atoms with Gasteiger partial charge in [0.15, 0.2) is 0 Å². The molecule has 21 heavy (non-hydrogen) atoms. The summed E-state index contributed by atoms with van der Waals surface area (Å²) in [7, 11) is 1.71. The topological polar surface area (TPSA) is 21.3 Å². The molecule has 0 saturated carbocycles. The zero-order chi connectivity index (χ0) is 14.2. The van der Waals surface area contributed by atoms with E-state index in [4.69, 9.17) is 4.74 Å². The Morgan fingerprint density at radius 3 is 2.48 bits per heavy atom. The zero-order valence-corrected chi connectivity index (χ0v) is 14.3. The van der Waals surface area contributed by atoms with Crippen LogP contribution in [0.3, 0.4) is 0 Å². The fourth-order valence-electron chi connectivity index (χ4n) is 3.16. The second-order valence-electron chi connectivity index (χ2n) is 6.00. The molecule has 2 nitrogen and oxygen atoms in total. The summed E-state index contributed by atoms with van der Waals surface area (Å²) in [6, 6.07) is 13.3. The Labute approximate surface area is 136 Å². The standard InChI is InChI=1S/C17H21NOS.ClH/c1-17(2)14(16-5-4-10-20-16)11-15(18-17)12-6-8-13(19-3)9-7-12;/h4-10,14-15,18H,11H2,1-3H3;1H/t14-,15+;/m1./s1. The van der Waals surface area contributed by atoms with E-state index in [1.54, 1.807) is 7.11 Å². The van der Waals surface area contributed by atoms with E-state index in [1.165, 1.54) is 10.4 Å². The highest BCUT2D eigenvalue weighted by molar-refractivity contribution is 7.10. The first-order chi connectivity index (χ1) is 9.60. The number of halogens is 1. The second-order valence-corrected chi connectivity index (χ2v) is 6.97. The van der Waals surface area contributed by atoms with Crippen LogP contribution in [0.5, 0.6) is 5.75 Å². The van der Waals surface area contributed by atoms with Crippen molar-refractivity contribution in [3.63, 3.8) is 0 Å². The van der Waals surface area contributed by atoms with E-state index in [2.05, 4.69) is 48.8 Å². The smallest absolute Gasteiger partial charge is 0.118 e. The van der Waals surface area contributed by atoms with Crippen LogP contribution in [0.1, 0.15) is 42.7 Å². The van der Waals surface area contributed by atoms with Gasteiger partial charge < -0.3 is 10.1 Å². The quantitative estimate of drug-likeness (QED) is 0.878. The number of nitrogens with one attached hydrogen (secondary N) is 1. The predicted octanol–water partition coefficient (Wildman–Crippen LogP) is 4.78. The van der Waals surface area contributed by atoms with Crippen LogP contribution < -0.4 is 10.1 Å². The lowest BCUT2D eigenvalue weighted by Crippen LogP contribution is -2.37. The number of hydrogen-bond acceptors (Lipinski definition) is 3. The molecule has 1 aromatic carbocycles. The van der Waals surface area contributed by atoms with Gasteiger partial charge in [0, 0.05) is 22.4 Å². The number of benzene rings is 1. The average Bonchev–Trinajstić information content (AvgIpc) is 3.06. The fourth-order valence-corrected chi connectivity index (χ4v) is 4.18. The molecule has 1 aromatic heterocycles. The number of rotatable bonds is 3. The molecular weight excluding hydrogens is 302 g/mol. The van der Waals surface area contributed by atoms with Gasteiger partial charge in [-0.05, 0) is 49.4 Å². The summed E-state index contributed by atoms with van der Waals surface area (Å²) in [4.78, 5) is 1.48. The molecule has 0 radical (unpaired) electrons. The molecule has 2 atom stereocenters. The maximum atomic E-state index is 5.23. The molecule has 2 aromatic rings. The maximum absolute atomic E-state index is 5.23. The fraction of sp³-hybridized carbons (Fsp3) is 0.412. The van der Waals surface area contributed by atoms with E-state index in [9.17, 15) is 0 Å². The van der Waals surface area contributed by atoms with Crippen LogP contribution in [0.25, 0.3) is 0 Å². The van der Waals surface area contributed by atoms with Crippen LogP contribution in [0.15, 0.2) is 41.8 Å². The number of thiophene rings is 1. The number of methoxy groups -OCH3 is 1. The molecule has 1 fully saturated rings. The second kappa shape index (κ2) is 6.39. The Hall–Kier alpha value is -1.03. The highest BCUT2D eigenvalue weighted by atomic mass is 35.5. The van der Waals surface area contributed by atoms with E-state index < -0.39 is 0 Å². The predicted molar refractivity (Wildman–Crippen MR) is 91.9 cm³/mol. The van der Waals surface area contributed by atoms with Gasteiger partial charge in [-0.1, -0.05) is 18.2 Å². The van der Waals surface area contributed by atoms with Crippen molar-refractivity contribution in [2.75, 3.05) is 7.11 Å². The van der Waals surface area contributed by atoms with Gasteiger partial charge in [0.1, 0.15) is 5.75 Å². The third-order valence-corrected chi connectivity index (χ3v) is 5.28. The summed E-state index contributed by atoms with van der Waals surface area (Å²) < 4.78 is 5.23. The van der Waals surface area contributed by atoms with Gasteiger partial charge in [0.05, 0.1) is 7.11 Å². The zero-order valence-electron chi connectivity index (χ0n) is 12.6. The molecular formula is C17H22ClNOS. The highest BCUT2D eigenvalue weighted by Gasteiger charge is 2.41. The third-order valence-electron chi connectivity index (χ3n) is 4.29. The molecule has 0 amide bonds. The average molecular weight is 324 g/mol. The van der Waals surface area contributed by atoms with Crippen molar-refractivity contribution in [1.29, 1.82) is 0 Å². The van der Waals surface area contributed by atoms with Crippen molar-refractivity contribution in [3.05, 3.63) is 52.2 Å². The molecule has 114 valence electrons. The maximum Gasteiger partial charge on any atom is 0.118 e. The lowest BCUT2D eigenvalue weighted by molar-refractivity contribution is 0.400. The van der Waals surface area contributed by atoms with Crippen LogP contribution in [0.4, 0.5) is 0 Å². The van der Waals surface area contributed by atoms with Gasteiger partial charge in [-0.2, -0.15) is 0 Å². The first-order valence-corrected chi connectivity index (χ1v) is 7.93. The van der Waals surface area contributed by atoms with Crippen molar-refractivity contribution < 1.29 is 4.74 Å². The van der Waals surface area contributed by atoms with E-state index in [-0.39, 0.29) is 17.9 Å².